The average molecular weight is 573 g/mol. The van der Waals surface area contributed by atoms with Crippen molar-refractivity contribution in [1.82, 2.24) is 14.9 Å². The van der Waals surface area contributed by atoms with Gasteiger partial charge in [0.2, 0.25) is 21.8 Å². The summed E-state index contributed by atoms with van der Waals surface area (Å²) in [5.41, 5.74) is 1.11. The number of fused-ring (bicyclic) bond motifs is 1. The second kappa shape index (κ2) is 8.15. The summed E-state index contributed by atoms with van der Waals surface area (Å²) in [5.74, 6) is -1.16. The van der Waals surface area contributed by atoms with Gasteiger partial charge in [-0.3, -0.25) is 19.7 Å². The molecule has 2 N–H and O–H groups in total. The van der Waals surface area contributed by atoms with E-state index in [-0.39, 0.29) is 55.8 Å². The zero-order valence-electron chi connectivity index (χ0n) is 14.8. The monoisotopic (exact) mass is 571 g/mol. The normalized spacial score (nSPS) is 19.4. The third-order valence-electron chi connectivity index (χ3n) is 4.81. The van der Waals surface area contributed by atoms with Crippen molar-refractivity contribution in [3.63, 3.8) is 0 Å². The summed E-state index contributed by atoms with van der Waals surface area (Å²) < 4.78 is 28.3. The molecule has 2 aliphatic rings. The highest BCUT2D eigenvalue weighted by Gasteiger charge is 2.40. The van der Waals surface area contributed by atoms with Crippen molar-refractivity contribution in [3.8, 4) is 0 Å². The number of rotatable bonds is 5. The van der Waals surface area contributed by atoms with E-state index in [1.54, 1.807) is 5.38 Å². The Morgan fingerprint density at radius 3 is 2.63 bits per heavy atom. The minimum Gasteiger partial charge on any atom is -0.322 e. The molecule has 0 aliphatic carbocycles. The molecule has 0 radical (unpaired) electrons. The topological polar surface area (TPSA) is 113 Å². The van der Waals surface area contributed by atoms with Gasteiger partial charge in [-0.25, -0.2) is 13.1 Å². The Hall–Kier alpha value is -1.02. The molecule has 3 amide bonds. The lowest BCUT2D eigenvalue weighted by atomic mass is 10.0. The molecule has 4 rings (SSSR count). The zero-order valence-corrected chi connectivity index (χ0v) is 20.4. The van der Waals surface area contributed by atoms with E-state index in [4.69, 9.17) is 23.2 Å². The van der Waals surface area contributed by atoms with Crippen LogP contribution in [0.25, 0.3) is 0 Å². The van der Waals surface area contributed by atoms with Crippen molar-refractivity contribution in [2.24, 2.45) is 0 Å². The molecule has 2 aliphatic heterocycles. The molecule has 0 saturated carbocycles. The lowest BCUT2D eigenvalue weighted by molar-refractivity contribution is -0.136. The molecular formula is C16H12BrCl2N3O5S3. The average Bonchev–Trinajstić information content (AvgIpc) is 3.28. The SMILES string of the molecule is O=C1CCC(N2Cc3c(csc3CNS(=O)(=O)c3c(Cl)sc(Cl)c3Br)C2=O)C(=O)N1. The second-order valence-corrected chi connectivity index (χ2v) is 12.3. The predicted molar refractivity (Wildman–Crippen MR) is 116 cm³/mol. The molecule has 2 aromatic heterocycles. The van der Waals surface area contributed by atoms with Crippen LogP contribution >= 0.6 is 61.8 Å². The van der Waals surface area contributed by atoms with Gasteiger partial charge in [0.25, 0.3) is 5.91 Å². The van der Waals surface area contributed by atoms with E-state index in [0.29, 0.717) is 16.0 Å². The van der Waals surface area contributed by atoms with Crippen molar-refractivity contribution in [2.45, 2.75) is 36.9 Å². The molecule has 1 unspecified atom stereocenters. The number of hydrogen-bond donors (Lipinski definition) is 2. The Kier molecular flexibility index (Phi) is 6.03. The van der Waals surface area contributed by atoms with E-state index in [0.717, 1.165) is 11.3 Å². The molecule has 1 saturated heterocycles. The molecule has 1 atom stereocenters. The standard InChI is InChI=1S/C16H12BrCl2N3O5S3/c17-11-12(14(19)29-13(11)18)30(26,27)20-3-9-6-4-22(16(25)7(6)5-28-9)8-1-2-10(23)21-15(8)24/h5,8,20H,1-4H2,(H,21,23,24). The fraction of sp³-hybridized carbons (Fsp3) is 0.312. The van der Waals surface area contributed by atoms with Crippen LogP contribution in [0.15, 0.2) is 14.7 Å². The molecule has 160 valence electrons. The quantitative estimate of drug-likeness (QED) is 0.535. The highest BCUT2D eigenvalue weighted by Crippen LogP contribution is 2.43. The number of halogens is 3. The molecule has 8 nitrogen and oxygen atoms in total. The van der Waals surface area contributed by atoms with Gasteiger partial charge in [0.05, 0.1) is 10.0 Å². The molecular weight excluding hydrogens is 561 g/mol. The largest absolute Gasteiger partial charge is 0.322 e. The number of sulfonamides is 1. The van der Waals surface area contributed by atoms with Gasteiger partial charge in [-0.15, -0.1) is 22.7 Å². The fourth-order valence-electron chi connectivity index (χ4n) is 3.35. The predicted octanol–water partition coefficient (Wildman–Crippen LogP) is 3.12. The van der Waals surface area contributed by atoms with Crippen molar-refractivity contribution < 1.29 is 22.8 Å². The van der Waals surface area contributed by atoms with E-state index in [1.807, 2.05) is 0 Å². The van der Waals surface area contributed by atoms with Gasteiger partial charge in [0.1, 0.15) is 19.6 Å². The van der Waals surface area contributed by atoms with Crippen LogP contribution in [0, 0.1) is 0 Å². The van der Waals surface area contributed by atoms with E-state index < -0.39 is 22.0 Å². The maximum absolute atomic E-state index is 12.7. The number of nitrogens with zero attached hydrogens (tertiary/aromatic N) is 1. The summed E-state index contributed by atoms with van der Waals surface area (Å²) in [6, 6.07) is -0.722. The molecule has 14 heteroatoms. The third-order valence-corrected chi connectivity index (χ3v) is 10.7. The summed E-state index contributed by atoms with van der Waals surface area (Å²) in [6.45, 7) is 0.130. The van der Waals surface area contributed by atoms with E-state index >= 15 is 0 Å². The maximum atomic E-state index is 12.7. The molecule has 0 aromatic carbocycles. The van der Waals surface area contributed by atoms with Crippen LogP contribution in [-0.4, -0.2) is 37.1 Å². The number of amides is 3. The first-order chi connectivity index (χ1) is 14.1. The van der Waals surface area contributed by atoms with Crippen molar-refractivity contribution in [3.05, 3.63) is 34.5 Å². The van der Waals surface area contributed by atoms with Crippen molar-refractivity contribution in [1.29, 1.82) is 0 Å². The van der Waals surface area contributed by atoms with Gasteiger partial charge >= 0.3 is 0 Å². The first kappa shape index (κ1) is 22.2. The number of imide groups is 1. The van der Waals surface area contributed by atoms with Crippen molar-refractivity contribution in [2.75, 3.05) is 0 Å². The fourth-order valence-corrected chi connectivity index (χ4v) is 8.97. The van der Waals surface area contributed by atoms with Gasteiger partial charge in [0, 0.05) is 29.8 Å². The molecule has 30 heavy (non-hydrogen) atoms. The van der Waals surface area contributed by atoms with E-state index in [2.05, 4.69) is 26.0 Å². The summed E-state index contributed by atoms with van der Waals surface area (Å²) in [4.78, 5) is 38.2. The molecule has 2 aromatic rings. The molecule has 0 bridgehead atoms. The van der Waals surface area contributed by atoms with Crippen LogP contribution in [0.4, 0.5) is 0 Å². The van der Waals surface area contributed by atoms with Crippen LogP contribution in [-0.2, 0) is 32.7 Å². The number of carbonyl (C=O) groups excluding carboxylic acids is 3. The van der Waals surface area contributed by atoms with Crippen molar-refractivity contribution >= 4 is 89.6 Å². The number of piperidine rings is 1. The minimum atomic E-state index is -3.95. The number of carbonyl (C=O) groups is 3. The Morgan fingerprint density at radius 2 is 2.00 bits per heavy atom. The highest BCUT2D eigenvalue weighted by molar-refractivity contribution is 9.10. The highest BCUT2D eigenvalue weighted by atomic mass is 79.9. The van der Waals surface area contributed by atoms with Gasteiger partial charge in [-0.2, -0.15) is 0 Å². The van der Waals surface area contributed by atoms with Crippen LogP contribution in [0.5, 0.6) is 0 Å². The van der Waals surface area contributed by atoms with Crippen LogP contribution in [0.2, 0.25) is 8.67 Å². The van der Waals surface area contributed by atoms with Gasteiger partial charge in [-0.05, 0) is 27.9 Å². The van der Waals surface area contributed by atoms with Crippen LogP contribution in [0.1, 0.15) is 33.6 Å². The van der Waals surface area contributed by atoms with Gasteiger partial charge < -0.3 is 4.90 Å². The summed E-state index contributed by atoms with van der Waals surface area (Å²) in [6.07, 6.45) is 0.427. The van der Waals surface area contributed by atoms with E-state index in [1.165, 1.54) is 16.2 Å². The zero-order chi connectivity index (χ0) is 21.8. The van der Waals surface area contributed by atoms with Crippen LogP contribution in [0.3, 0.4) is 0 Å². The third kappa shape index (κ3) is 3.83. The lowest BCUT2D eigenvalue weighted by Gasteiger charge is -2.29. The van der Waals surface area contributed by atoms with Gasteiger partial charge in [-0.1, -0.05) is 23.2 Å². The first-order valence-electron chi connectivity index (χ1n) is 8.47. The lowest BCUT2D eigenvalue weighted by Crippen LogP contribution is -2.52. The molecule has 1 fully saturated rings. The smallest absolute Gasteiger partial charge is 0.256 e. The maximum Gasteiger partial charge on any atom is 0.256 e. The summed E-state index contributed by atoms with van der Waals surface area (Å²) in [5, 5.41) is 3.90. The Balaban J connectivity index is 1.52. The first-order valence-corrected chi connectivity index (χ1v) is 13.2. The van der Waals surface area contributed by atoms with Crippen LogP contribution < -0.4 is 10.0 Å². The Bertz CT molecular complexity index is 1190. The minimum absolute atomic E-state index is 0.0370. The Labute approximate surface area is 197 Å². The van der Waals surface area contributed by atoms with E-state index in [9.17, 15) is 22.8 Å². The Morgan fingerprint density at radius 1 is 1.27 bits per heavy atom. The summed E-state index contributed by atoms with van der Waals surface area (Å²) >= 11 is 17.3. The number of hydrogen-bond acceptors (Lipinski definition) is 7. The summed E-state index contributed by atoms with van der Waals surface area (Å²) in [7, 11) is -3.95. The second-order valence-electron chi connectivity index (χ2n) is 6.57. The number of thiophene rings is 2. The molecule has 0 spiro atoms. The van der Waals surface area contributed by atoms with Gasteiger partial charge in [0.15, 0.2) is 0 Å². The molecule has 4 heterocycles. The number of nitrogens with one attached hydrogen (secondary N) is 2.